The Hall–Kier alpha value is -2.37. The standard InChI is InChI=1S/C19H20O6/c1-23-16(20)15-13-11-8-12(10-7-5-4-6-9(10)11)14(13)19(15,17(21)24-2)18(22)25-3/h4-7,11-15H,8H2,1-3H3/t11-,12+,13?,14?,15-/m1/s1. The minimum absolute atomic E-state index is 0.0466. The van der Waals surface area contributed by atoms with Crippen molar-refractivity contribution in [3.05, 3.63) is 35.4 Å². The summed E-state index contributed by atoms with van der Waals surface area (Å²) in [6.45, 7) is 0. The van der Waals surface area contributed by atoms with Gasteiger partial charge in [0.15, 0.2) is 5.41 Å². The number of fused-ring (bicyclic) bond motifs is 8. The molecule has 0 spiro atoms. The predicted molar refractivity (Wildman–Crippen MR) is 85.5 cm³/mol. The van der Waals surface area contributed by atoms with E-state index in [0.717, 1.165) is 12.0 Å². The smallest absolute Gasteiger partial charge is 0.324 e. The van der Waals surface area contributed by atoms with Crippen LogP contribution in [0.15, 0.2) is 24.3 Å². The minimum Gasteiger partial charge on any atom is -0.469 e. The second-order valence-corrected chi connectivity index (χ2v) is 7.03. The summed E-state index contributed by atoms with van der Waals surface area (Å²) in [5, 5.41) is 0. The molecule has 25 heavy (non-hydrogen) atoms. The number of methoxy groups -OCH3 is 3. The molecule has 2 fully saturated rings. The van der Waals surface area contributed by atoms with Gasteiger partial charge in [0.1, 0.15) is 0 Å². The molecule has 0 aromatic heterocycles. The van der Waals surface area contributed by atoms with Crippen molar-refractivity contribution in [1.29, 1.82) is 0 Å². The summed E-state index contributed by atoms with van der Waals surface area (Å²) in [6.07, 6.45) is 0.831. The second-order valence-electron chi connectivity index (χ2n) is 7.03. The summed E-state index contributed by atoms with van der Waals surface area (Å²) in [4.78, 5) is 38.0. The molecule has 2 saturated carbocycles. The highest BCUT2D eigenvalue weighted by atomic mass is 16.6. The maximum Gasteiger partial charge on any atom is 0.324 e. The van der Waals surface area contributed by atoms with E-state index in [1.165, 1.54) is 26.9 Å². The van der Waals surface area contributed by atoms with Gasteiger partial charge in [-0.2, -0.15) is 0 Å². The summed E-state index contributed by atoms with van der Waals surface area (Å²) in [5.74, 6) is -3.04. The van der Waals surface area contributed by atoms with Crippen LogP contribution in [0.4, 0.5) is 0 Å². The average Bonchev–Trinajstić information content (AvgIpc) is 3.15. The number of hydrogen-bond donors (Lipinski definition) is 0. The average molecular weight is 344 g/mol. The largest absolute Gasteiger partial charge is 0.469 e. The molecule has 1 aromatic rings. The zero-order chi connectivity index (χ0) is 17.9. The first kappa shape index (κ1) is 16.1. The SMILES string of the molecule is COC(=O)[C@H]1C2C([C@H]3C[C@@H]2c2ccccc23)C1(C(=O)OC)C(=O)OC. The number of carbonyl (C=O) groups excluding carboxylic acids is 3. The Morgan fingerprint density at radius 1 is 0.920 bits per heavy atom. The molecule has 0 amide bonds. The van der Waals surface area contributed by atoms with Crippen LogP contribution in [0.25, 0.3) is 0 Å². The fourth-order valence-corrected chi connectivity index (χ4v) is 5.81. The van der Waals surface area contributed by atoms with Crippen molar-refractivity contribution in [2.75, 3.05) is 21.3 Å². The highest BCUT2D eigenvalue weighted by Gasteiger charge is 2.81. The number of carbonyl (C=O) groups is 3. The Balaban J connectivity index is 1.89. The molecule has 2 bridgehead atoms. The van der Waals surface area contributed by atoms with Gasteiger partial charge < -0.3 is 14.2 Å². The van der Waals surface area contributed by atoms with Gasteiger partial charge >= 0.3 is 17.9 Å². The van der Waals surface area contributed by atoms with E-state index in [9.17, 15) is 14.4 Å². The Morgan fingerprint density at radius 2 is 1.48 bits per heavy atom. The van der Waals surface area contributed by atoms with Crippen molar-refractivity contribution in [3.8, 4) is 0 Å². The molecule has 2 unspecified atom stereocenters. The fraction of sp³-hybridized carbons (Fsp3) is 0.526. The van der Waals surface area contributed by atoms with E-state index in [4.69, 9.17) is 14.2 Å². The first-order valence-electron chi connectivity index (χ1n) is 8.37. The van der Waals surface area contributed by atoms with Gasteiger partial charge in [0.25, 0.3) is 0 Å². The molecule has 0 aliphatic heterocycles. The maximum atomic E-state index is 12.7. The molecule has 3 aliphatic rings. The summed E-state index contributed by atoms with van der Waals surface area (Å²) < 4.78 is 14.9. The summed E-state index contributed by atoms with van der Waals surface area (Å²) in [7, 11) is 3.74. The highest BCUT2D eigenvalue weighted by Crippen LogP contribution is 2.75. The van der Waals surface area contributed by atoms with Crippen LogP contribution in [0.1, 0.15) is 29.4 Å². The normalized spacial score (nSPS) is 32.8. The lowest BCUT2D eigenvalue weighted by Gasteiger charge is -2.57. The van der Waals surface area contributed by atoms with Gasteiger partial charge in [0, 0.05) is 0 Å². The van der Waals surface area contributed by atoms with Gasteiger partial charge in [-0.25, -0.2) is 0 Å². The predicted octanol–water partition coefficient (Wildman–Crippen LogP) is 1.64. The number of rotatable bonds is 3. The van der Waals surface area contributed by atoms with Crippen LogP contribution < -0.4 is 0 Å². The van der Waals surface area contributed by atoms with Crippen LogP contribution in [0, 0.1) is 23.2 Å². The van der Waals surface area contributed by atoms with Crippen molar-refractivity contribution in [2.24, 2.45) is 23.2 Å². The number of benzene rings is 1. The van der Waals surface area contributed by atoms with E-state index in [1.54, 1.807) is 0 Å². The lowest BCUT2D eigenvalue weighted by molar-refractivity contribution is -0.214. The van der Waals surface area contributed by atoms with Gasteiger partial charge in [0.2, 0.25) is 0 Å². The first-order chi connectivity index (χ1) is 12.0. The van der Waals surface area contributed by atoms with E-state index in [1.807, 2.05) is 18.2 Å². The third kappa shape index (κ3) is 1.67. The molecule has 0 saturated heterocycles. The van der Waals surface area contributed by atoms with Crippen LogP contribution in [-0.2, 0) is 28.6 Å². The van der Waals surface area contributed by atoms with Crippen LogP contribution in [-0.4, -0.2) is 39.2 Å². The molecule has 0 radical (unpaired) electrons. The molecule has 132 valence electrons. The minimum atomic E-state index is -1.62. The molecule has 0 heterocycles. The van der Waals surface area contributed by atoms with Crippen LogP contribution in [0.3, 0.4) is 0 Å². The molecular formula is C19H20O6. The molecule has 6 heteroatoms. The molecule has 6 nitrogen and oxygen atoms in total. The van der Waals surface area contributed by atoms with Gasteiger partial charge in [0.05, 0.1) is 27.2 Å². The van der Waals surface area contributed by atoms with Crippen molar-refractivity contribution >= 4 is 17.9 Å². The number of esters is 3. The number of hydrogen-bond acceptors (Lipinski definition) is 6. The third-order valence-electron chi connectivity index (χ3n) is 6.52. The van der Waals surface area contributed by atoms with Gasteiger partial charge in [-0.1, -0.05) is 24.3 Å². The topological polar surface area (TPSA) is 78.9 Å². The van der Waals surface area contributed by atoms with Crippen molar-refractivity contribution in [2.45, 2.75) is 18.3 Å². The summed E-state index contributed by atoms with van der Waals surface area (Å²) in [5.41, 5.74) is 0.758. The summed E-state index contributed by atoms with van der Waals surface area (Å²) >= 11 is 0. The lowest BCUT2D eigenvalue weighted by Crippen LogP contribution is -2.69. The van der Waals surface area contributed by atoms with Crippen molar-refractivity contribution in [3.63, 3.8) is 0 Å². The highest BCUT2D eigenvalue weighted by molar-refractivity contribution is 6.07. The Kier molecular flexibility index (Phi) is 3.42. The summed E-state index contributed by atoms with van der Waals surface area (Å²) in [6, 6.07) is 8.05. The van der Waals surface area contributed by atoms with Crippen LogP contribution in [0.5, 0.6) is 0 Å². The maximum absolute atomic E-state index is 12.7. The van der Waals surface area contributed by atoms with Gasteiger partial charge in [-0.15, -0.1) is 0 Å². The molecule has 5 atom stereocenters. The zero-order valence-electron chi connectivity index (χ0n) is 14.4. The molecule has 3 aliphatic carbocycles. The van der Waals surface area contributed by atoms with Gasteiger partial charge in [-0.3, -0.25) is 14.4 Å². The van der Waals surface area contributed by atoms with E-state index in [2.05, 4.69) is 6.07 Å². The second kappa shape index (κ2) is 5.31. The Labute approximate surface area is 145 Å². The fourth-order valence-electron chi connectivity index (χ4n) is 5.81. The zero-order valence-corrected chi connectivity index (χ0v) is 14.4. The van der Waals surface area contributed by atoms with Crippen LogP contribution in [0.2, 0.25) is 0 Å². The van der Waals surface area contributed by atoms with E-state index in [-0.39, 0.29) is 23.7 Å². The molecular weight excluding hydrogens is 324 g/mol. The van der Waals surface area contributed by atoms with Crippen LogP contribution >= 0.6 is 0 Å². The van der Waals surface area contributed by atoms with E-state index < -0.39 is 29.2 Å². The third-order valence-corrected chi connectivity index (χ3v) is 6.52. The quantitative estimate of drug-likeness (QED) is 0.471. The molecule has 1 aromatic carbocycles. The monoisotopic (exact) mass is 344 g/mol. The Bertz CT molecular complexity index is 753. The number of ether oxygens (including phenoxy) is 3. The first-order valence-corrected chi connectivity index (χ1v) is 8.37. The van der Waals surface area contributed by atoms with Gasteiger partial charge in [-0.05, 0) is 41.2 Å². The van der Waals surface area contributed by atoms with E-state index in [0.29, 0.717) is 0 Å². The molecule has 4 rings (SSSR count). The Morgan fingerprint density at radius 3 is 2.00 bits per heavy atom. The molecule has 0 N–H and O–H groups in total. The van der Waals surface area contributed by atoms with Crippen molar-refractivity contribution in [1.82, 2.24) is 0 Å². The lowest BCUT2D eigenvalue weighted by atomic mass is 9.42. The van der Waals surface area contributed by atoms with Crippen molar-refractivity contribution < 1.29 is 28.6 Å². The van der Waals surface area contributed by atoms with E-state index >= 15 is 0 Å².